The third-order valence-electron chi connectivity index (χ3n) is 2.46. The summed E-state index contributed by atoms with van der Waals surface area (Å²) >= 11 is 5.61. The van der Waals surface area contributed by atoms with E-state index in [0.29, 0.717) is 11.5 Å². The van der Waals surface area contributed by atoms with Gasteiger partial charge in [0.05, 0.1) is 11.9 Å². The predicted octanol–water partition coefficient (Wildman–Crippen LogP) is 2.16. The molecule has 0 saturated carbocycles. The molecule has 7 nitrogen and oxygen atoms in total. The largest absolute Gasteiger partial charge is 0.440 e. The van der Waals surface area contributed by atoms with Crippen LogP contribution in [0.4, 0.5) is 5.69 Å². The van der Waals surface area contributed by atoms with Crippen molar-refractivity contribution in [2.24, 2.45) is 0 Å². The van der Waals surface area contributed by atoms with E-state index in [-0.39, 0.29) is 11.0 Å². The highest BCUT2D eigenvalue weighted by molar-refractivity contribution is 6.29. The number of carbonyl (C=O) groups excluding carboxylic acids is 1. The van der Waals surface area contributed by atoms with Gasteiger partial charge >= 0.3 is 0 Å². The fourth-order valence-corrected chi connectivity index (χ4v) is 1.70. The van der Waals surface area contributed by atoms with Gasteiger partial charge in [0.2, 0.25) is 0 Å². The summed E-state index contributed by atoms with van der Waals surface area (Å²) in [5.41, 5.74) is 0.534. The molecule has 1 amide bonds. The quantitative estimate of drug-likeness (QED) is 0.798. The van der Waals surface area contributed by atoms with Gasteiger partial charge in [0.25, 0.3) is 5.91 Å². The molecule has 100 valence electrons. The highest BCUT2D eigenvalue weighted by Gasteiger charge is 2.11. The summed E-state index contributed by atoms with van der Waals surface area (Å²) in [4.78, 5) is 19.8. The van der Waals surface area contributed by atoms with E-state index in [2.05, 4.69) is 20.4 Å². The van der Waals surface area contributed by atoms with Crippen LogP contribution in [0.15, 0.2) is 47.5 Å². The molecule has 0 bridgehead atoms. The molecule has 0 aromatic carbocycles. The number of amides is 1. The molecule has 1 N–H and O–H groups in total. The Bertz CT molecular complexity index is 721. The summed E-state index contributed by atoms with van der Waals surface area (Å²) in [5, 5.41) is 6.76. The maximum atomic E-state index is 11.8. The topological polar surface area (TPSA) is 85.8 Å². The Hall–Kier alpha value is -2.67. The Balaban J connectivity index is 1.74. The third-order valence-corrected chi connectivity index (χ3v) is 2.66. The fourth-order valence-electron chi connectivity index (χ4n) is 1.55. The van der Waals surface area contributed by atoms with Crippen LogP contribution >= 0.6 is 11.6 Å². The Morgan fingerprint density at radius 3 is 2.80 bits per heavy atom. The van der Waals surface area contributed by atoms with Gasteiger partial charge in [-0.25, -0.2) is 14.6 Å². The summed E-state index contributed by atoms with van der Waals surface area (Å²) in [6.45, 7) is 0. The smallest absolute Gasteiger partial charge is 0.291 e. The first-order chi connectivity index (χ1) is 9.72. The van der Waals surface area contributed by atoms with Gasteiger partial charge in [-0.05, 0) is 35.9 Å². The number of rotatable bonds is 3. The first-order valence-corrected chi connectivity index (χ1v) is 5.98. The minimum absolute atomic E-state index is 0.135. The number of hydrogen-bond acceptors (Lipinski definition) is 5. The maximum Gasteiger partial charge on any atom is 0.291 e. The lowest BCUT2D eigenvalue weighted by atomic mass is 10.3. The zero-order valence-electron chi connectivity index (χ0n) is 10.0. The normalized spacial score (nSPS) is 10.4. The maximum absolute atomic E-state index is 11.8. The van der Waals surface area contributed by atoms with Crippen LogP contribution in [-0.4, -0.2) is 25.7 Å². The second-order valence-electron chi connectivity index (χ2n) is 3.80. The lowest BCUT2D eigenvalue weighted by Gasteiger charge is -2.04. The molecule has 0 fully saturated rings. The van der Waals surface area contributed by atoms with E-state index in [1.54, 1.807) is 12.1 Å². The predicted molar refractivity (Wildman–Crippen MR) is 70.8 cm³/mol. The van der Waals surface area contributed by atoms with Crippen molar-refractivity contribution in [2.45, 2.75) is 0 Å². The van der Waals surface area contributed by atoms with E-state index in [1.165, 1.54) is 35.7 Å². The standard InChI is InChI=1S/C12H8ClN5O2/c13-10-3-2-9(20-10)12(19)17-8-1-4-11(15-5-8)18-7-14-6-16-18/h1-7H,(H,17,19). The van der Waals surface area contributed by atoms with Crippen molar-refractivity contribution in [3.05, 3.63) is 54.1 Å². The van der Waals surface area contributed by atoms with Crippen LogP contribution in [0.2, 0.25) is 5.22 Å². The van der Waals surface area contributed by atoms with Crippen molar-refractivity contribution in [3.63, 3.8) is 0 Å². The van der Waals surface area contributed by atoms with Crippen LogP contribution in [0.5, 0.6) is 0 Å². The molecule has 0 aliphatic carbocycles. The summed E-state index contributed by atoms with van der Waals surface area (Å²) < 4.78 is 6.52. The molecule has 0 aliphatic rings. The van der Waals surface area contributed by atoms with E-state index >= 15 is 0 Å². The molecule has 0 atom stereocenters. The Kier molecular flexibility index (Phi) is 3.18. The number of carbonyl (C=O) groups is 1. The number of nitrogens with one attached hydrogen (secondary N) is 1. The van der Waals surface area contributed by atoms with Crippen LogP contribution in [-0.2, 0) is 0 Å². The Labute approximate surface area is 118 Å². The number of hydrogen-bond donors (Lipinski definition) is 1. The summed E-state index contributed by atoms with van der Waals surface area (Å²) in [6, 6.07) is 6.41. The average molecular weight is 290 g/mol. The van der Waals surface area contributed by atoms with Gasteiger partial charge in [0.1, 0.15) is 12.7 Å². The van der Waals surface area contributed by atoms with Crippen LogP contribution in [0, 0.1) is 0 Å². The molecular weight excluding hydrogens is 282 g/mol. The molecule has 3 aromatic rings. The zero-order valence-corrected chi connectivity index (χ0v) is 10.8. The minimum Gasteiger partial charge on any atom is -0.440 e. The SMILES string of the molecule is O=C(Nc1ccc(-n2cncn2)nc1)c1ccc(Cl)o1. The van der Waals surface area contributed by atoms with Gasteiger partial charge < -0.3 is 9.73 Å². The number of anilines is 1. The summed E-state index contributed by atoms with van der Waals surface area (Å²) in [5.74, 6) is 0.337. The summed E-state index contributed by atoms with van der Waals surface area (Å²) in [7, 11) is 0. The molecule has 0 unspecified atom stereocenters. The molecule has 20 heavy (non-hydrogen) atoms. The zero-order chi connectivity index (χ0) is 13.9. The molecule has 3 rings (SSSR count). The summed E-state index contributed by atoms with van der Waals surface area (Å²) in [6.07, 6.45) is 4.46. The highest BCUT2D eigenvalue weighted by atomic mass is 35.5. The fraction of sp³-hybridized carbons (Fsp3) is 0. The van der Waals surface area contributed by atoms with E-state index in [0.717, 1.165) is 0 Å². The van der Waals surface area contributed by atoms with Gasteiger partial charge in [-0.1, -0.05) is 0 Å². The van der Waals surface area contributed by atoms with Gasteiger partial charge in [-0.2, -0.15) is 5.10 Å². The van der Waals surface area contributed by atoms with E-state index in [9.17, 15) is 4.79 Å². The third kappa shape index (κ3) is 2.52. The highest BCUT2D eigenvalue weighted by Crippen LogP contribution is 2.15. The number of aromatic nitrogens is 4. The monoisotopic (exact) mass is 289 g/mol. The van der Waals surface area contributed by atoms with Crippen molar-refractivity contribution < 1.29 is 9.21 Å². The van der Waals surface area contributed by atoms with Crippen LogP contribution in [0.3, 0.4) is 0 Å². The van der Waals surface area contributed by atoms with Crippen molar-refractivity contribution in [3.8, 4) is 5.82 Å². The van der Waals surface area contributed by atoms with Crippen LogP contribution < -0.4 is 5.32 Å². The molecule has 0 radical (unpaired) electrons. The van der Waals surface area contributed by atoms with Crippen LogP contribution in [0.25, 0.3) is 5.82 Å². The van der Waals surface area contributed by atoms with E-state index < -0.39 is 5.91 Å². The molecule has 3 heterocycles. The number of nitrogens with zero attached hydrogens (tertiary/aromatic N) is 4. The molecule has 0 aliphatic heterocycles. The first-order valence-electron chi connectivity index (χ1n) is 5.60. The lowest BCUT2D eigenvalue weighted by Crippen LogP contribution is -2.11. The number of furan rings is 1. The molecule has 0 spiro atoms. The molecule has 0 saturated heterocycles. The molecular formula is C12H8ClN5O2. The van der Waals surface area contributed by atoms with Crippen molar-refractivity contribution in [1.29, 1.82) is 0 Å². The Morgan fingerprint density at radius 1 is 1.30 bits per heavy atom. The van der Waals surface area contributed by atoms with E-state index in [4.69, 9.17) is 16.0 Å². The van der Waals surface area contributed by atoms with Crippen molar-refractivity contribution >= 4 is 23.2 Å². The lowest BCUT2D eigenvalue weighted by molar-refractivity contribution is 0.0996. The van der Waals surface area contributed by atoms with Crippen LogP contribution in [0.1, 0.15) is 10.6 Å². The minimum atomic E-state index is -0.396. The second kappa shape index (κ2) is 5.14. The van der Waals surface area contributed by atoms with Gasteiger partial charge in [0, 0.05) is 0 Å². The van der Waals surface area contributed by atoms with Crippen molar-refractivity contribution in [2.75, 3.05) is 5.32 Å². The molecule has 3 aromatic heterocycles. The Morgan fingerprint density at radius 2 is 2.20 bits per heavy atom. The van der Waals surface area contributed by atoms with Crippen molar-refractivity contribution in [1.82, 2.24) is 19.7 Å². The number of halogens is 1. The van der Waals surface area contributed by atoms with Gasteiger partial charge in [0.15, 0.2) is 16.8 Å². The average Bonchev–Trinajstić information content (AvgIpc) is 3.10. The number of pyridine rings is 1. The first kappa shape index (κ1) is 12.4. The molecule has 8 heteroatoms. The van der Waals surface area contributed by atoms with Gasteiger partial charge in [-0.3, -0.25) is 4.79 Å². The van der Waals surface area contributed by atoms with Gasteiger partial charge in [-0.15, -0.1) is 0 Å². The van der Waals surface area contributed by atoms with E-state index in [1.807, 2.05) is 0 Å². The second-order valence-corrected chi connectivity index (χ2v) is 4.18.